The van der Waals surface area contributed by atoms with Crippen LogP contribution < -0.4 is 10.2 Å². The quantitative estimate of drug-likeness (QED) is 0.821. The van der Waals surface area contributed by atoms with Crippen molar-refractivity contribution in [1.82, 2.24) is 5.32 Å². The highest BCUT2D eigenvalue weighted by Crippen LogP contribution is 2.26. The molecule has 2 nitrogen and oxygen atoms in total. The zero-order valence-electron chi connectivity index (χ0n) is 10.4. The fraction of sp³-hybridized carbons (Fsp3) is 0.538. The molecule has 0 unspecified atom stereocenters. The summed E-state index contributed by atoms with van der Waals surface area (Å²) in [5.41, 5.74) is 2.34. The number of rotatable bonds is 6. The van der Waals surface area contributed by atoms with Crippen LogP contribution in [0.5, 0.6) is 0 Å². The lowest BCUT2D eigenvalue weighted by Gasteiger charge is -2.20. The zero-order chi connectivity index (χ0) is 12.0. The molecule has 0 bridgehead atoms. The molecule has 1 aromatic rings. The molecule has 16 heavy (non-hydrogen) atoms. The predicted octanol–water partition coefficient (Wildman–Crippen LogP) is 3.30. The minimum absolute atomic E-state index is 0.839. The first-order valence-corrected chi connectivity index (χ1v) is 6.21. The Hall–Kier alpha value is -0.730. The highest BCUT2D eigenvalue weighted by Gasteiger charge is 2.06. The number of benzene rings is 1. The van der Waals surface area contributed by atoms with Crippen LogP contribution in [0.3, 0.4) is 0 Å². The molecule has 3 heteroatoms. The van der Waals surface area contributed by atoms with E-state index < -0.39 is 0 Å². The fourth-order valence-corrected chi connectivity index (χ4v) is 2.04. The summed E-state index contributed by atoms with van der Waals surface area (Å²) in [4.78, 5) is 2.22. The molecule has 0 saturated carbocycles. The first-order valence-electron chi connectivity index (χ1n) is 5.83. The number of unbranched alkanes of at least 4 members (excludes halogenated alkanes) is 1. The minimum atomic E-state index is 0.839. The van der Waals surface area contributed by atoms with Gasteiger partial charge in [0.25, 0.3) is 0 Å². The summed E-state index contributed by atoms with van der Waals surface area (Å²) in [6, 6.07) is 6.26. The van der Waals surface area contributed by atoms with Crippen molar-refractivity contribution in [2.45, 2.75) is 26.3 Å². The van der Waals surface area contributed by atoms with Gasteiger partial charge in [0.2, 0.25) is 0 Å². The van der Waals surface area contributed by atoms with Gasteiger partial charge < -0.3 is 10.2 Å². The molecule has 90 valence electrons. The van der Waals surface area contributed by atoms with E-state index in [1.807, 2.05) is 13.1 Å². The molecule has 0 saturated heterocycles. The third-order valence-electron chi connectivity index (χ3n) is 2.65. The highest BCUT2D eigenvalue weighted by atomic mass is 35.5. The van der Waals surface area contributed by atoms with Gasteiger partial charge >= 0.3 is 0 Å². The summed E-state index contributed by atoms with van der Waals surface area (Å²) in [6.07, 6.45) is 2.41. The summed E-state index contributed by atoms with van der Waals surface area (Å²) in [7, 11) is 4.03. The summed E-state index contributed by atoms with van der Waals surface area (Å²) in [5.74, 6) is 0. The van der Waals surface area contributed by atoms with Gasteiger partial charge in [0.1, 0.15) is 0 Å². The number of nitrogens with one attached hydrogen (secondary N) is 1. The Labute approximate surface area is 104 Å². The summed E-state index contributed by atoms with van der Waals surface area (Å²) < 4.78 is 0. The Kier molecular flexibility index (Phi) is 5.64. The second kappa shape index (κ2) is 6.77. The normalized spacial score (nSPS) is 10.5. The van der Waals surface area contributed by atoms with Gasteiger partial charge in [-0.2, -0.15) is 0 Å². The van der Waals surface area contributed by atoms with Crippen molar-refractivity contribution >= 4 is 17.3 Å². The van der Waals surface area contributed by atoms with E-state index in [2.05, 4.69) is 36.3 Å². The van der Waals surface area contributed by atoms with E-state index in [-0.39, 0.29) is 0 Å². The van der Waals surface area contributed by atoms with Crippen molar-refractivity contribution < 1.29 is 0 Å². The lowest BCUT2D eigenvalue weighted by atomic mass is 10.2. The average molecular weight is 241 g/mol. The van der Waals surface area contributed by atoms with Crippen LogP contribution in [-0.4, -0.2) is 20.6 Å². The largest absolute Gasteiger partial charge is 0.373 e. The van der Waals surface area contributed by atoms with Crippen LogP contribution >= 0.6 is 11.6 Å². The van der Waals surface area contributed by atoms with E-state index in [4.69, 9.17) is 11.6 Å². The van der Waals surface area contributed by atoms with E-state index in [0.717, 1.165) is 23.8 Å². The molecule has 0 aliphatic rings. The molecule has 0 heterocycles. The predicted molar refractivity (Wildman–Crippen MR) is 72.4 cm³/mol. The van der Waals surface area contributed by atoms with Crippen LogP contribution in [0, 0.1) is 0 Å². The SMILES string of the molecule is CCCCN(C)c1ccc(CNC)cc1Cl. The molecule has 0 atom stereocenters. The van der Waals surface area contributed by atoms with Gasteiger partial charge in [-0.25, -0.2) is 0 Å². The van der Waals surface area contributed by atoms with Gasteiger partial charge in [0.15, 0.2) is 0 Å². The summed E-state index contributed by atoms with van der Waals surface area (Å²) in [5, 5.41) is 3.96. The third-order valence-corrected chi connectivity index (χ3v) is 2.95. The summed E-state index contributed by atoms with van der Waals surface area (Å²) >= 11 is 6.27. The first-order chi connectivity index (χ1) is 7.69. The molecule has 0 amide bonds. The Morgan fingerprint density at radius 3 is 2.69 bits per heavy atom. The van der Waals surface area contributed by atoms with Gasteiger partial charge in [-0.15, -0.1) is 0 Å². The third kappa shape index (κ3) is 3.69. The Morgan fingerprint density at radius 1 is 1.38 bits per heavy atom. The van der Waals surface area contributed by atoms with E-state index in [0.29, 0.717) is 0 Å². The Morgan fingerprint density at radius 2 is 2.12 bits per heavy atom. The van der Waals surface area contributed by atoms with E-state index in [1.165, 1.54) is 18.4 Å². The molecule has 0 aromatic heterocycles. The molecule has 0 aliphatic heterocycles. The number of hydrogen-bond donors (Lipinski definition) is 1. The molecule has 1 N–H and O–H groups in total. The average Bonchev–Trinajstić information content (AvgIpc) is 2.26. The smallest absolute Gasteiger partial charge is 0.0642 e. The summed E-state index contributed by atoms with van der Waals surface area (Å²) in [6.45, 7) is 4.12. The molecular formula is C13H21ClN2. The fourth-order valence-electron chi connectivity index (χ4n) is 1.69. The second-order valence-corrected chi connectivity index (χ2v) is 4.50. The molecule has 0 radical (unpaired) electrons. The number of nitrogens with zero attached hydrogens (tertiary/aromatic N) is 1. The van der Waals surface area contributed by atoms with E-state index >= 15 is 0 Å². The number of hydrogen-bond acceptors (Lipinski definition) is 2. The molecule has 1 aromatic carbocycles. The van der Waals surface area contributed by atoms with Crippen LogP contribution in [0.15, 0.2) is 18.2 Å². The van der Waals surface area contributed by atoms with E-state index in [1.54, 1.807) is 0 Å². The van der Waals surface area contributed by atoms with Crippen molar-refractivity contribution in [3.8, 4) is 0 Å². The monoisotopic (exact) mass is 240 g/mol. The molecule has 0 fully saturated rings. The maximum absolute atomic E-state index is 6.27. The minimum Gasteiger partial charge on any atom is -0.373 e. The first kappa shape index (κ1) is 13.3. The highest BCUT2D eigenvalue weighted by molar-refractivity contribution is 6.33. The second-order valence-electron chi connectivity index (χ2n) is 4.09. The van der Waals surface area contributed by atoms with Crippen molar-refractivity contribution in [3.05, 3.63) is 28.8 Å². The molecular weight excluding hydrogens is 220 g/mol. The molecule has 0 spiro atoms. The maximum Gasteiger partial charge on any atom is 0.0642 e. The van der Waals surface area contributed by atoms with Crippen LogP contribution in [-0.2, 0) is 6.54 Å². The van der Waals surface area contributed by atoms with Crippen molar-refractivity contribution in [2.75, 3.05) is 25.5 Å². The Bertz CT molecular complexity index is 326. The van der Waals surface area contributed by atoms with Gasteiger partial charge in [-0.05, 0) is 31.2 Å². The van der Waals surface area contributed by atoms with E-state index in [9.17, 15) is 0 Å². The van der Waals surface area contributed by atoms with Gasteiger partial charge in [0.05, 0.1) is 10.7 Å². The molecule has 0 aliphatic carbocycles. The molecule has 1 rings (SSSR count). The van der Waals surface area contributed by atoms with Crippen LogP contribution in [0.2, 0.25) is 5.02 Å². The van der Waals surface area contributed by atoms with Crippen LogP contribution in [0.25, 0.3) is 0 Å². The zero-order valence-corrected chi connectivity index (χ0v) is 11.1. The number of anilines is 1. The number of halogens is 1. The Balaban J connectivity index is 2.73. The van der Waals surface area contributed by atoms with Crippen LogP contribution in [0.1, 0.15) is 25.3 Å². The lowest BCUT2D eigenvalue weighted by Crippen LogP contribution is -2.18. The maximum atomic E-state index is 6.27. The van der Waals surface area contributed by atoms with Gasteiger partial charge in [-0.1, -0.05) is 31.0 Å². The van der Waals surface area contributed by atoms with Crippen molar-refractivity contribution in [1.29, 1.82) is 0 Å². The lowest BCUT2D eigenvalue weighted by molar-refractivity contribution is 0.766. The van der Waals surface area contributed by atoms with Crippen molar-refractivity contribution in [2.24, 2.45) is 0 Å². The van der Waals surface area contributed by atoms with Crippen molar-refractivity contribution in [3.63, 3.8) is 0 Å². The van der Waals surface area contributed by atoms with Crippen LogP contribution in [0.4, 0.5) is 5.69 Å². The standard InChI is InChI=1S/C13H21ClN2/c1-4-5-8-16(3)13-7-6-11(10-15-2)9-12(13)14/h6-7,9,15H,4-5,8,10H2,1-3H3. The van der Waals surface area contributed by atoms with Gasteiger partial charge in [-0.3, -0.25) is 0 Å². The topological polar surface area (TPSA) is 15.3 Å². The van der Waals surface area contributed by atoms with Gasteiger partial charge in [0, 0.05) is 20.1 Å².